The Morgan fingerprint density at radius 3 is 3.13 bits per heavy atom. The zero-order chi connectivity index (χ0) is 10.7. The molecule has 0 aromatic carbocycles. The van der Waals surface area contributed by atoms with Gasteiger partial charge in [0.25, 0.3) is 0 Å². The molecule has 1 saturated heterocycles. The van der Waals surface area contributed by atoms with E-state index in [-0.39, 0.29) is 0 Å². The lowest BCUT2D eigenvalue weighted by molar-refractivity contribution is 0.435. The minimum Gasteiger partial charge on any atom is -0.344 e. The first kappa shape index (κ1) is 11.4. The van der Waals surface area contributed by atoms with Crippen LogP contribution in [0.4, 0.5) is 5.13 Å². The lowest BCUT2D eigenvalue weighted by Crippen LogP contribution is -2.46. The second-order valence-corrected chi connectivity index (χ2v) is 5.39. The minimum absolute atomic E-state index is 0.613. The molecule has 1 aromatic rings. The molecule has 3 nitrogen and oxygen atoms in total. The standard InChI is InChI=1S/C10H16BrN3S/c1-2-14(8-4-3-5-12-6-8)10-13-9(11)7-15-10/h7-8,12H,2-6H2,1H3. The van der Waals surface area contributed by atoms with Crippen LogP contribution in [0.3, 0.4) is 0 Å². The van der Waals surface area contributed by atoms with Crippen LogP contribution in [0.1, 0.15) is 19.8 Å². The number of piperidine rings is 1. The third-order valence-corrected chi connectivity index (χ3v) is 4.35. The molecule has 1 atom stereocenters. The van der Waals surface area contributed by atoms with Crippen molar-refractivity contribution < 1.29 is 0 Å². The van der Waals surface area contributed by atoms with E-state index in [4.69, 9.17) is 0 Å². The molecule has 15 heavy (non-hydrogen) atoms. The van der Waals surface area contributed by atoms with Crippen LogP contribution in [-0.2, 0) is 0 Å². The summed E-state index contributed by atoms with van der Waals surface area (Å²) in [6.07, 6.45) is 2.55. The Labute approximate surface area is 103 Å². The van der Waals surface area contributed by atoms with Gasteiger partial charge in [-0.05, 0) is 42.2 Å². The van der Waals surface area contributed by atoms with Gasteiger partial charge in [-0.25, -0.2) is 4.98 Å². The summed E-state index contributed by atoms with van der Waals surface area (Å²) in [6.45, 7) is 5.48. The van der Waals surface area contributed by atoms with E-state index in [0.717, 1.165) is 29.4 Å². The number of halogens is 1. The number of hydrogen-bond acceptors (Lipinski definition) is 4. The second-order valence-electron chi connectivity index (χ2n) is 3.74. The van der Waals surface area contributed by atoms with Gasteiger partial charge in [0.15, 0.2) is 5.13 Å². The number of thiazole rings is 1. The highest BCUT2D eigenvalue weighted by atomic mass is 79.9. The summed E-state index contributed by atoms with van der Waals surface area (Å²) in [4.78, 5) is 6.89. The van der Waals surface area contributed by atoms with E-state index in [0.29, 0.717) is 6.04 Å². The maximum absolute atomic E-state index is 4.49. The topological polar surface area (TPSA) is 28.2 Å². The van der Waals surface area contributed by atoms with Crippen molar-refractivity contribution in [3.63, 3.8) is 0 Å². The predicted molar refractivity (Wildman–Crippen MR) is 68.7 cm³/mol. The summed E-state index contributed by atoms with van der Waals surface area (Å²) in [5, 5.41) is 6.64. The molecule has 1 aliphatic heterocycles. The van der Waals surface area contributed by atoms with Crippen LogP contribution in [0.5, 0.6) is 0 Å². The number of nitrogens with one attached hydrogen (secondary N) is 1. The first-order valence-corrected chi connectivity index (χ1v) is 7.07. The molecule has 84 valence electrons. The highest BCUT2D eigenvalue weighted by molar-refractivity contribution is 9.10. The van der Waals surface area contributed by atoms with Crippen LogP contribution in [0.25, 0.3) is 0 Å². The van der Waals surface area contributed by atoms with Crippen molar-refractivity contribution in [1.82, 2.24) is 10.3 Å². The number of nitrogens with zero attached hydrogens (tertiary/aromatic N) is 2. The number of anilines is 1. The van der Waals surface area contributed by atoms with Crippen molar-refractivity contribution in [3.8, 4) is 0 Å². The Bertz CT molecular complexity index is 309. The normalized spacial score (nSPS) is 21.6. The SMILES string of the molecule is CCN(c1nc(Br)cs1)C1CCCNC1. The summed E-state index contributed by atoms with van der Waals surface area (Å²) in [7, 11) is 0. The number of hydrogen-bond donors (Lipinski definition) is 1. The fourth-order valence-corrected chi connectivity index (χ4v) is 3.41. The highest BCUT2D eigenvalue weighted by Crippen LogP contribution is 2.26. The van der Waals surface area contributed by atoms with E-state index in [2.05, 4.69) is 38.1 Å². The smallest absolute Gasteiger partial charge is 0.186 e. The fourth-order valence-electron chi connectivity index (χ4n) is 2.03. The summed E-state index contributed by atoms with van der Waals surface area (Å²) in [5.41, 5.74) is 0. The third kappa shape index (κ3) is 2.71. The van der Waals surface area contributed by atoms with Crippen molar-refractivity contribution >= 4 is 32.4 Å². The van der Waals surface area contributed by atoms with Gasteiger partial charge in [-0.2, -0.15) is 0 Å². The molecule has 1 aromatic heterocycles. The van der Waals surface area contributed by atoms with E-state index in [1.54, 1.807) is 11.3 Å². The van der Waals surface area contributed by atoms with Gasteiger partial charge < -0.3 is 10.2 Å². The molecule has 0 aliphatic carbocycles. The molecule has 0 amide bonds. The van der Waals surface area contributed by atoms with Crippen LogP contribution in [0.15, 0.2) is 9.98 Å². The summed E-state index contributed by atoms with van der Waals surface area (Å²) < 4.78 is 0.949. The molecule has 0 saturated carbocycles. The van der Waals surface area contributed by atoms with Crippen molar-refractivity contribution in [2.45, 2.75) is 25.8 Å². The van der Waals surface area contributed by atoms with Gasteiger partial charge in [-0.15, -0.1) is 11.3 Å². The van der Waals surface area contributed by atoms with Crippen molar-refractivity contribution in [2.75, 3.05) is 24.5 Å². The Morgan fingerprint density at radius 1 is 1.73 bits per heavy atom. The van der Waals surface area contributed by atoms with Crippen LogP contribution in [0.2, 0.25) is 0 Å². The predicted octanol–water partition coefficient (Wildman–Crippen LogP) is 2.48. The minimum atomic E-state index is 0.613. The van der Waals surface area contributed by atoms with E-state index < -0.39 is 0 Å². The number of rotatable bonds is 3. The number of likely N-dealkylation sites (N-methyl/N-ethyl adjacent to an activating group) is 1. The summed E-state index contributed by atoms with van der Waals surface area (Å²) in [5.74, 6) is 0. The van der Waals surface area contributed by atoms with Gasteiger partial charge in [0.1, 0.15) is 4.60 Å². The molecule has 1 N–H and O–H groups in total. The van der Waals surface area contributed by atoms with E-state index in [9.17, 15) is 0 Å². The molecule has 2 heterocycles. The molecule has 5 heteroatoms. The quantitative estimate of drug-likeness (QED) is 0.927. The maximum atomic E-state index is 4.49. The molecule has 0 spiro atoms. The molecule has 0 radical (unpaired) electrons. The monoisotopic (exact) mass is 289 g/mol. The zero-order valence-electron chi connectivity index (χ0n) is 8.87. The van der Waals surface area contributed by atoms with E-state index >= 15 is 0 Å². The molecule has 1 fully saturated rings. The highest BCUT2D eigenvalue weighted by Gasteiger charge is 2.21. The number of aromatic nitrogens is 1. The Hall–Kier alpha value is -0.130. The Morgan fingerprint density at radius 2 is 2.60 bits per heavy atom. The molecule has 0 bridgehead atoms. The van der Waals surface area contributed by atoms with Crippen LogP contribution in [0, 0.1) is 0 Å². The summed E-state index contributed by atoms with van der Waals surface area (Å²) in [6, 6.07) is 0.613. The first-order chi connectivity index (χ1) is 7.31. The van der Waals surface area contributed by atoms with Gasteiger partial charge in [-0.3, -0.25) is 0 Å². The lowest BCUT2D eigenvalue weighted by Gasteiger charge is -2.33. The molecule has 1 unspecified atom stereocenters. The third-order valence-electron chi connectivity index (χ3n) is 2.76. The first-order valence-electron chi connectivity index (χ1n) is 5.39. The largest absolute Gasteiger partial charge is 0.344 e. The van der Waals surface area contributed by atoms with Gasteiger partial charge in [0.05, 0.1) is 0 Å². The maximum Gasteiger partial charge on any atom is 0.186 e. The Kier molecular flexibility index (Phi) is 3.99. The van der Waals surface area contributed by atoms with E-state index in [1.165, 1.54) is 12.8 Å². The average Bonchev–Trinajstić information content (AvgIpc) is 2.68. The van der Waals surface area contributed by atoms with Gasteiger partial charge in [0.2, 0.25) is 0 Å². The van der Waals surface area contributed by atoms with Crippen molar-refractivity contribution in [3.05, 3.63) is 9.98 Å². The molecular weight excluding hydrogens is 274 g/mol. The average molecular weight is 290 g/mol. The van der Waals surface area contributed by atoms with Gasteiger partial charge in [0, 0.05) is 24.5 Å². The van der Waals surface area contributed by atoms with Gasteiger partial charge in [-0.1, -0.05) is 0 Å². The zero-order valence-corrected chi connectivity index (χ0v) is 11.3. The second kappa shape index (κ2) is 5.27. The van der Waals surface area contributed by atoms with Crippen LogP contribution < -0.4 is 10.2 Å². The van der Waals surface area contributed by atoms with Crippen LogP contribution in [-0.4, -0.2) is 30.7 Å². The van der Waals surface area contributed by atoms with Crippen molar-refractivity contribution in [2.24, 2.45) is 0 Å². The van der Waals surface area contributed by atoms with Crippen LogP contribution >= 0.6 is 27.3 Å². The lowest BCUT2D eigenvalue weighted by atomic mass is 10.1. The molecular formula is C10H16BrN3S. The fraction of sp³-hybridized carbons (Fsp3) is 0.700. The summed E-state index contributed by atoms with van der Waals surface area (Å²) >= 11 is 5.13. The van der Waals surface area contributed by atoms with Crippen molar-refractivity contribution in [1.29, 1.82) is 0 Å². The Balaban J connectivity index is 2.08. The van der Waals surface area contributed by atoms with E-state index in [1.807, 2.05) is 5.38 Å². The molecule has 1 aliphatic rings. The van der Waals surface area contributed by atoms with Gasteiger partial charge >= 0.3 is 0 Å². The molecule has 2 rings (SSSR count).